The molecule has 0 spiro atoms. The number of esters is 1. The summed E-state index contributed by atoms with van der Waals surface area (Å²) in [4.78, 5) is 48.2. The van der Waals surface area contributed by atoms with E-state index in [1.807, 2.05) is 24.3 Å². The van der Waals surface area contributed by atoms with Crippen LogP contribution in [0.4, 0.5) is 0 Å². The minimum absolute atomic E-state index is 0.150. The van der Waals surface area contributed by atoms with E-state index in [1.165, 1.54) is 14.0 Å². The molecule has 0 fully saturated rings. The van der Waals surface area contributed by atoms with Crippen LogP contribution < -0.4 is 21.5 Å². The lowest BCUT2D eigenvalue weighted by atomic mass is 10.00. The number of carbonyl (C=O) groups excluding carboxylic acids is 2. The molecule has 158 valence electrons. The average Bonchev–Trinajstić information content (AvgIpc) is 3.47. The Balaban J connectivity index is 1.83. The van der Waals surface area contributed by atoms with Crippen molar-refractivity contribution in [3.8, 4) is 11.5 Å². The summed E-state index contributed by atoms with van der Waals surface area (Å²) in [5.74, 6) is -0.429. The molecule has 1 aromatic carbocycles. The molecule has 3 heterocycles. The number of H-pyrrole nitrogens is 3. The van der Waals surface area contributed by atoms with Gasteiger partial charge >= 0.3 is 5.97 Å². The molecule has 1 amide bonds. The fourth-order valence-electron chi connectivity index (χ4n) is 3.51. The molecule has 1 aliphatic heterocycles. The molecule has 0 saturated carbocycles. The lowest BCUT2D eigenvalue weighted by Crippen LogP contribution is -2.41. The number of hydrogen-bond donors (Lipinski definition) is 4. The first kappa shape index (κ1) is 20.1. The number of amides is 1. The summed E-state index contributed by atoms with van der Waals surface area (Å²) in [6.07, 6.45) is 5.03. The van der Waals surface area contributed by atoms with Gasteiger partial charge in [0.15, 0.2) is 5.82 Å². The zero-order valence-corrected chi connectivity index (χ0v) is 16.9. The van der Waals surface area contributed by atoms with Gasteiger partial charge in [0.25, 0.3) is 5.56 Å². The second kappa shape index (κ2) is 8.27. The van der Waals surface area contributed by atoms with Gasteiger partial charge in [-0.25, -0.2) is 14.8 Å². The van der Waals surface area contributed by atoms with Crippen molar-refractivity contribution in [1.29, 1.82) is 0 Å². The number of methoxy groups -OCH3 is 1. The van der Waals surface area contributed by atoms with E-state index < -0.39 is 12.0 Å². The smallest absolute Gasteiger partial charge is 0.328 e. The van der Waals surface area contributed by atoms with Crippen LogP contribution in [0.1, 0.15) is 18.9 Å². The number of rotatable bonds is 6. The minimum atomic E-state index is -0.892. The van der Waals surface area contributed by atoms with Crippen molar-refractivity contribution in [3.05, 3.63) is 68.8 Å². The van der Waals surface area contributed by atoms with Crippen molar-refractivity contribution in [3.63, 3.8) is 0 Å². The van der Waals surface area contributed by atoms with E-state index in [0.717, 1.165) is 5.22 Å². The number of para-hydroxylation sites is 1. The van der Waals surface area contributed by atoms with E-state index in [1.54, 1.807) is 18.5 Å². The van der Waals surface area contributed by atoms with Crippen molar-refractivity contribution >= 4 is 23.5 Å². The summed E-state index contributed by atoms with van der Waals surface area (Å²) in [6, 6.07) is 6.55. The van der Waals surface area contributed by atoms with Gasteiger partial charge in [0.05, 0.1) is 23.7 Å². The summed E-state index contributed by atoms with van der Waals surface area (Å²) in [5.41, 5.74) is 1.72. The SMILES string of the molecule is COC(=O)C(CC1=c2ccccc2=NC1=Cc1c(-c2ncc[nH]2)[nH][nH]c1=O)NC(C)=O. The highest BCUT2D eigenvalue weighted by Crippen LogP contribution is 2.25. The Labute approximate surface area is 175 Å². The molecule has 10 nitrogen and oxygen atoms in total. The minimum Gasteiger partial charge on any atom is -0.467 e. The number of nitrogens with one attached hydrogen (secondary N) is 4. The molecule has 4 N–H and O–H groups in total. The fraction of sp³-hybridized carbons (Fsp3) is 0.190. The molecule has 31 heavy (non-hydrogen) atoms. The maximum absolute atomic E-state index is 12.5. The highest BCUT2D eigenvalue weighted by atomic mass is 16.5. The molecular weight excluding hydrogens is 400 g/mol. The Hall–Kier alpha value is -4.21. The summed E-state index contributed by atoms with van der Waals surface area (Å²) in [5, 5.41) is 9.53. The maximum atomic E-state index is 12.5. The molecular formula is C21H20N6O4. The van der Waals surface area contributed by atoms with Gasteiger partial charge in [-0.3, -0.25) is 19.8 Å². The standard InChI is InChI=1S/C21H20N6O4/c1-11(28)24-17(21(30)31-2)9-13-12-5-3-4-6-15(12)25-16(13)10-14-18(26-27-20(14)29)19-22-7-8-23-19/h3-8,10,17H,9H2,1-2H3,(H,22,23)(H,24,28)(H2,26,27,29). The van der Waals surface area contributed by atoms with Crippen molar-refractivity contribution in [2.75, 3.05) is 7.11 Å². The van der Waals surface area contributed by atoms with E-state index in [-0.39, 0.29) is 17.9 Å². The third kappa shape index (κ3) is 3.95. The van der Waals surface area contributed by atoms with Gasteiger partial charge in [-0.05, 0) is 17.7 Å². The molecule has 1 atom stereocenters. The Bertz CT molecular complexity index is 1350. The zero-order valence-electron chi connectivity index (χ0n) is 16.9. The fourth-order valence-corrected chi connectivity index (χ4v) is 3.51. The molecule has 1 unspecified atom stereocenters. The number of fused-ring (bicyclic) bond motifs is 1. The number of hydrogen-bond acceptors (Lipinski definition) is 6. The van der Waals surface area contributed by atoms with Gasteiger partial charge in [-0.1, -0.05) is 18.2 Å². The van der Waals surface area contributed by atoms with Gasteiger partial charge in [0, 0.05) is 31.0 Å². The predicted octanol–water partition coefficient (Wildman–Crippen LogP) is -0.0141. The molecule has 0 radical (unpaired) electrons. The number of aromatic nitrogens is 4. The van der Waals surface area contributed by atoms with E-state index in [9.17, 15) is 14.4 Å². The van der Waals surface area contributed by atoms with Crippen molar-refractivity contribution in [2.24, 2.45) is 4.99 Å². The largest absolute Gasteiger partial charge is 0.467 e. The van der Waals surface area contributed by atoms with E-state index in [4.69, 9.17) is 4.74 Å². The third-order valence-corrected chi connectivity index (χ3v) is 4.88. The van der Waals surface area contributed by atoms with Crippen LogP contribution in [0.5, 0.6) is 0 Å². The predicted molar refractivity (Wildman–Crippen MR) is 112 cm³/mol. The number of carbonyl (C=O) groups is 2. The van der Waals surface area contributed by atoms with Crippen molar-refractivity contribution in [2.45, 2.75) is 19.4 Å². The van der Waals surface area contributed by atoms with Gasteiger partial charge in [-0.15, -0.1) is 0 Å². The molecule has 0 saturated heterocycles. The van der Waals surface area contributed by atoms with Crippen molar-refractivity contribution < 1.29 is 14.3 Å². The molecule has 1 aliphatic rings. The van der Waals surface area contributed by atoms with Crippen LogP contribution in [-0.4, -0.2) is 45.2 Å². The third-order valence-electron chi connectivity index (χ3n) is 4.88. The molecule has 0 aliphatic carbocycles. The van der Waals surface area contributed by atoms with E-state index in [0.29, 0.717) is 33.7 Å². The average molecular weight is 420 g/mol. The second-order valence-corrected chi connectivity index (χ2v) is 6.92. The second-order valence-electron chi connectivity index (χ2n) is 6.92. The maximum Gasteiger partial charge on any atom is 0.328 e. The number of allylic oxidation sites excluding steroid dienone is 1. The number of benzene rings is 1. The monoisotopic (exact) mass is 420 g/mol. The first-order valence-electron chi connectivity index (χ1n) is 9.52. The van der Waals surface area contributed by atoms with Crippen LogP contribution >= 0.6 is 0 Å². The van der Waals surface area contributed by atoms with Crippen LogP contribution in [0, 0.1) is 0 Å². The van der Waals surface area contributed by atoms with Crippen LogP contribution in [0.2, 0.25) is 0 Å². The number of ether oxygens (including phenoxy) is 1. The molecule has 2 aromatic heterocycles. The zero-order chi connectivity index (χ0) is 22.0. The van der Waals surface area contributed by atoms with Crippen LogP contribution in [0.3, 0.4) is 0 Å². The first-order chi connectivity index (χ1) is 15.0. The normalized spacial score (nSPS) is 14.8. The van der Waals surface area contributed by atoms with Crippen LogP contribution in [0.15, 0.2) is 52.1 Å². The molecule has 4 rings (SSSR count). The highest BCUT2D eigenvalue weighted by molar-refractivity contribution is 5.87. The number of nitrogens with zero attached hydrogens (tertiary/aromatic N) is 2. The summed E-state index contributed by atoms with van der Waals surface area (Å²) < 4.78 is 4.85. The Kier molecular flexibility index (Phi) is 5.35. The quantitative estimate of drug-likeness (QED) is 0.414. The molecule has 0 bridgehead atoms. The van der Waals surface area contributed by atoms with E-state index in [2.05, 4.69) is 30.5 Å². The van der Waals surface area contributed by atoms with Gasteiger partial charge in [-0.2, -0.15) is 0 Å². The topological polar surface area (TPSA) is 145 Å². The van der Waals surface area contributed by atoms with Gasteiger partial charge in [0.2, 0.25) is 5.91 Å². The van der Waals surface area contributed by atoms with Gasteiger partial charge < -0.3 is 15.0 Å². The summed E-state index contributed by atoms with van der Waals surface area (Å²) in [6.45, 7) is 1.33. The highest BCUT2D eigenvalue weighted by Gasteiger charge is 2.26. The van der Waals surface area contributed by atoms with Gasteiger partial charge in [0.1, 0.15) is 11.7 Å². The van der Waals surface area contributed by atoms with Crippen LogP contribution in [-0.2, 0) is 14.3 Å². The Morgan fingerprint density at radius 2 is 2.06 bits per heavy atom. The van der Waals surface area contributed by atoms with Crippen molar-refractivity contribution in [1.82, 2.24) is 25.5 Å². The Morgan fingerprint density at radius 3 is 2.77 bits per heavy atom. The molecule has 10 heteroatoms. The lowest BCUT2D eigenvalue weighted by molar-refractivity contribution is -0.144. The summed E-state index contributed by atoms with van der Waals surface area (Å²) >= 11 is 0. The first-order valence-corrected chi connectivity index (χ1v) is 9.52. The lowest BCUT2D eigenvalue weighted by Gasteiger charge is -2.16. The Morgan fingerprint density at radius 1 is 1.26 bits per heavy atom. The molecule has 3 aromatic rings. The number of imidazole rings is 1. The van der Waals surface area contributed by atoms with Crippen LogP contribution in [0.25, 0.3) is 23.2 Å². The summed E-state index contributed by atoms with van der Waals surface area (Å²) in [7, 11) is 1.26. The number of aromatic amines is 3. The van der Waals surface area contributed by atoms with E-state index >= 15 is 0 Å².